The van der Waals surface area contributed by atoms with Gasteiger partial charge in [-0.15, -0.1) is 47.0 Å². The molecule has 0 nitrogen and oxygen atoms in total. The number of fused-ring (bicyclic) bond motifs is 1. The van der Waals surface area contributed by atoms with Gasteiger partial charge < -0.3 is 0 Å². The highest BCUT2D eigenvalue weighted by atomic mass is 32.2. The van der Waals surface area contributed by atoms with Crippen LogP contribution in [0.25, 0.3) is 0 Å². The Kier molecular flexibility index (Phi) is 5.78. The summed E-state index contributed by atoms with van der Waals surface area (Å²) >= 11 is 9.21. The van der Waals surface area contributed by atoms with Crippen molar-refractivity contribution in [1.29, 1.82) is 0 Å². The quantitative estimate of drug-likeness (QED) is 0.453. The van der Waals surface area contributed by atoms with E-state index in [4.69, 9.17) is 0 Å². The average molecular weight is 425 g/mol. The summed E-state index contributed by atoms with van der Waals surface area (Å²) in [6, 6.07) is 0. The Labute approximate surface area is 176 Å². The van der Waals surface area contributed by atoms with E-state index in [1.165, 1.54) is 87.2 Å². The van der Waals surface area contributed by atoms with Gasteiger partial charge in [0.05, 0.1) is 0 Å². The first-order chi connectivity index (χ1) is 12.8. The van der Waals surface area contributed by atoms with Crippen LogP contribution < -0.4 is 0 Å². The molecule has 0 N–H and O–H groups in total. The molecule has 2 saturated heterocycles. The van der Waals surface area contributed by atoms with Gasteiger partial charge in [0.25, 0.3) is 0 Å². The summed E-state index contributed by atoms with van der Waals surface area (Å²) < 4.78 is 0.771. The van der Waals surface area contributed by atoms with Crippen molar-refractivity contribution in [2.75, 3.05) is 23.0 Å². The van der Waals surface area contributed by atoms with E-state index in [0.29, 0.717) is 8.16 Å². The SMILES string of the molecule is C(=C1\C(=C/C2CCCCC2)C2(SCCS2)C12SCCS2)/C1CCCCC1. The number of hydrogen-bond donors (Lipinski definition) is 0. The minimum atomic E-state index is 0.386. The Morgan fingerprint density at radius 3 is 1.23 bits per heavy atom. The van der Waals surface area contributed by atoms with Crippen LogP contribution >= 0.6 is 47.0 Å². The Bertz CT molecular complexity index is 517. The second-order valence-electron chi connectivity index (χ2n) is 8.58. The average Bonchev–Trinajstić information content (AvgIpc) is 3.39. The topological polar surface area (TPSA) is 0 Å². The van der Waals surface area contributed by atoms with Crippen LogP contribution in [0.2, 0.25) is 0 Å². The van der Waals surface area contributed by atoms with E-state index < -0.39 is 0 Å². The van der Waals surface area contributed by atoms with E-state index in [9.17, 15) is 0 Å². The minimum absolute atomic E-state index is 0.386. The molecule has 26 heavy (non-hydrogen) atoms. The fourth-order valence-corrected chi connectivity index (χ4v) is 13.7. The van der Waals surface area contributed by atoms with Gasteiger partial charge in [0, 0.05) is 23.0 Å². The van der Waals surface area contributed by atoms with Gasteiger partial charge in [0.15, 0.2) is 0 Å². The summed E-state index contributed by atoms with van der Waals surface area (Å²) in [4.78, 5) is 0. The Morgan fingerprint density at radius 1 is 0.538 bits per heavy atom. The molecule has 0 atom stereocenters. The van der Waals surface area contributed by atoms with Crippen molar-refractivity contribution in [2.45, 2.75) is 72.4 Å². The predicted molar refractivity (Wildman–Crippen MR) is 125 cm³/mol. The number of hydrogen-bond acceptors (Lipinski definition) is 4. The molecule has 0 amide bonds. The van der Waals surface area contributed by atoms with Crippen molar-refractivity contribution in [3.8, 4) is 0 Å². The monoisotopic (exact) mass is 424 g/mol. The minimum Gasteiger partial charge on any atom is -0.136 e. The smallest absolute Gasteiger partial charge is 0.114 e. The van der Waals surface area contributed by atoms with Crippen LogP contribution in [0, 0.1) is 11.8 Å². The molecule has 5 aliphatic rings. The van der Waals surface area contributed by atoms with Crippen LogP contribution in [0.15, 0.2) is 23.3 Å². The zero-order valence-electron chi connectivity index (χ0n) is 15.8. The third-order valence-corrected chi connectivity index (χ3v) is 14.7. The Balaban J connectivity index is 1.52. The van der Waals surface area contributed by atoms with Gasteiger partial charge in [0.1, 0.15) is 8.16 Å². The lowest BCUT2D eigenvalue weighted by molar-refractivity contribution is 0.411. The highest BCUT2D eigenvalue weighted by Gasteiger charge is 2.70. The first-order valence-electron chi connectivity index (χ1n) is 10.8. The summed E-state index contributed by atoms with van der Waals surface area (Å²) in [5.74, 6) is 7.14. The second kappa shape index (κ2) is 7.95. The van der Waals surface area contributed by atoms with E-state index in [1.54, 1.807) is 11.1 Å². The molecule has 0 unspecified atom stereocenters. The fraction of sp³-hybridized carbons (Fsp3) is 0.818. The van der Waals surface area contributed by atoms with E-state index in [-0.39, 0.29) is 0 Å². The second-order valence-corrected chi connectivity index (χ2v) is 14.3. The molecule has 2 heterocycles. The van der Waals surface area contributed by atoms with Crippen molar-refractivity contribution in [2.24, 2.45) is 11.8 Å². The molecule has 0 aromatic heterocycles. The van der Waals surface area contributed by atoms with Crippen LogP contribution in [0.5, 0.6) is 0 Å². The fourth-order valence-electron chi connectivity index (χ4n) is 5.63. The lowest BCUT2D eigenvalue weighted by Gasteiger charge is -2.58. The highest BCUT2D eigenvalue weighted by molar-refractivity contribution is 8.29. The summed E-state index contributed by atoms with van der Waals surface area (Å²) in [7, 11) is 0. The third-order valence-electron chi connectivity index (χ3n) is 6.92. The molecule has 144 valence electrons. The number of allylic oxidation sites excluding steroid dienone is 2. The van der Waals surface area contributed by atoms with Crippen LogP contribution in [0.1, 0.15) is 64.2 Å². The van der Waals surface area contributed by atoms with Crippen LogP contribution in [0.4, 0.5) is 0 Å². The molecule has 0 aromatic carbocycles. The zero-order valence-corrected chi connectivity index (χ0v) is 19.1. The van der Waals surface area contributed by atoms with Crippen molar-refractivity contribution >= 4 is 47.0 Å². The third kappa shape index (κ3) is 3.08. The summed E-state index contributed by atoms with van der Waals surface area (Å²) in [5.41, 5.74) is 3.59. The molecular weight excluding hydrogens is 393 g/mol. The van der Waals surface area contributed by atoms with E-state index in [2.05, 4.69) is 59.2 Å². The van der Waals surface area contributed by atoms with Crippen molar-refractivity contribution in [1.82, 2.24) is 0 Å². The largest absolute Gasteiger partial charge is 0.136 e. The molecule has 4 heteroatoms. The first-order valence-corrected chi connectivity index (χ1v) is 14.8. The van der Waals surface area contributed by atoms with E-state index in [0.717, 1.165) is 11.8 Å². The zero-order chi connectivity index (χ0) is 17.5. The molecule has 5 rings (SSSR count). The lowest BCUT2D eigenvalue weighted by atomic mass is 9.75. The van der Waals surface area contributed by atoms with Crippen LogP contribution in [-0.2, 0) is 0 Å². The predicted octanol–water partition coefficient (Wildman–Crippen LogP) is 7.37. The summed E-state index contributed by atoms with van der Waals surface area (Å²) in [5, 5.41) is 0. The standard InChI is InChI=1S/C22H32S4/c1-3-7-17(8-4-1)15-19-20(16-18-9-5-2-6-10-18)22(25-13-14-26-22)21(19)23-11-12-24-21/h15-18H,1-14H2/b19-15-,20-16+. The normalized spacial score (nSPS) is 34.9. The summed E-state index contributed by atoms with van der Waals surface area (Å²) in [6.07, 6.45) is 20.1. The van der Waals surface area contributed by atoms with Crippen molar-refractivity contribution < 1.29 is 0 Å². The molecule has 0 radical (unpaired) electrons. The van der Waals surface area contributed by atoms with Gasteiger partial charge in [-0.05, 0) is 48.7 Å². The first kappa shape index (κ1) is 18.9. The lowest BCUT2D eigenvalue weighted by Crippen LogP contribution is -2.56. The maximum atomic E-state index is 2.80. The molecule has 2 aliphatic heterocycles. The van der Waals surface area contributed by atoms with Crippen LogP contribution in [-0.4, -0.2) is 31.2 Å². The Hall–Kier alpha value is 0.880. The molecule has 3 aliphatic carbocycles. The Morgan fingerprint density at radius 2 is 0.885 bits per heavy atom. The maximum absolute atomic E-state index is 2.80. The molecule has 3 saturated carbocycles. The van der Waals surface area contributed by atoms with Crippen LogP contribution in [0.3, 0.4) is 0 Å². The molecular formula is C22H32S4. The highest BCUT2D eigenvalue weighted by Crippen LogP contribution is 2.78. The number of rotatable bonds is 2. The molecule has 2 spiro atoms. The van der Waals surface area contributed by atoms with E-state index in [1.807, 2.05) is 0 Å². The number of thioether (sulfide) groups is 4. The van der Waals surface area contributed by atoms with Gasteiger partial charge in [-0.2, -0.15) is 0 Å². The van der Waals surface area contributed by atoms with Gasteiger partial charge in [-0.25, -0.2) is 0 Å². The summed E-state index contributed by atoms with van der Waals surface area (Å²) in [6.45, 7) is 0. The molecule has 0 aromatic rings. The van der Waals surface area contributed by atoms with Gasteiger partial charge in [0.2, 0.25) is 0 Å². The molecule has 5 fully saturated rings. The van der Waals surface area contributed by atoms with E-state index >= 15 is 0 Å². The van der Waals surface area contributed by atoms with Gasteiger partial charge in [-0.1, -0.05) is 50.7 Å². The maximum Gasteiger partial charge on any atom is 0.114 e. The molecule has 0 bridgehead atoms. The van der Waals surface area contributed by atoms with Gasteiger partial charge >= 0.3 is 0 Å². The van der Waals surface area contributed by atoms with Crippen molar-refractivity contribution in [3.05, 3.63) is 23.3 Å². The van der Waals surface area contributed by atoms with Gasteiger partial charge in [-0.3, -0.25) is 0 Å². The van der Waals surface area contributed by atoms with Crippen molar-refractivity contribution in [3.63, 3.8) is 0 Å².